The van der Waals surface area contributed by atoms with Gasteiger partial charge in [0.2, 0.25) is 0 Å². The molecule has 10 aromatic rings. The monoisotopic (exact) mass is 715 g/mol. The lowest BCUT2D eigenvalue weighted by Crippen LogP contribution is -2.10. The van der Waals surface area contributed by atoms with Gasteiger partial charge < -0.3 is 4.90 Å². The van der Waals surface area contributed by atoms with Crippen LogP contribution in [0.1, 0.15) is 0 Å². The predicted molar refractivity (Wildman–Crippen MR) is 235 cm³/mol. The van der Waals surface area contributed by atoms with Crippen molar-refractivity contribution in [2.45, 2.75) is 0 Å². The molecule has 0 radical (unpaired) electrons. The molecule has 0 saturated carbocycles. The minimum absolute atomic E-state index is 0.905. The first-order chi connectivity index (χ1) is 27.8. The molecule has 0 aliphatic rings. The van der Waals surface area contributed by atoms with E-state index in [-0.39, 0.29) is 0 Å². The molecule has 0 atom stereocenters. The van der Waals surface area contributed by atoms with Crippen molar-refractivity contribution in [2.75, 3.05) is 4.90 Å². The Kier molecular flexibility index (Phi) is 8.51. The second-order valence-corrected chi connectivity index (χ2v) is 14.1. The van der Waals surface area contributed by atoms with Gasteiger partial charge in [-0.2, -0.15) is 0 Å². The molecule has 0 aliphatic heterocycles. The summed E-state index contributed by atoms with van der Waals surface area (Å²) < 4.78 is 2.31. The Morgan fingerprint density at radius 1 is 0.357 bits per heavy atom. The first kappa shape index (κ1) is 33.1. The molecule has 3 nitrogen and oxygen atoms in total. The highest BCUT2D eigenvalue weighted by atomic mass is 15.1. The largest absolute Gasteiger partial charge is 0.310 e. The number of fused-ring (bicyclic) bond motifs is 2. The van der Waals surface area contributed by atoms with Crippen LogP contribution in [0, 0.1) is 0 Å². The molecular weight excluding hydrogens is 679 g/mol. The van der Waals surface area contributed by atoms with Crippen LogP contribution in [0.3, 0.4) is 0 Å². The summed E-state index contributed by atoms with van der Waals surface area (Å²) in [6, 6.07) is 80.0. The minimum Gasteiger partial charge on any atom is -0.310 e. The van der Waals surface area contributed by atoms with Crippen molar-refractivity contribution in [1.29, 1.82) is 0 Å². The third-order valence-electron chi connectivity index (χ3n) is 10.6. The summed E-state index contributed by atoms with van der Waals surface area (Å²) in [5, 5.41) is 2.42. The van der Waals surface area contributed by atoms with E-state index in [9.17, 15) is 0 Å². The van der Waals surface area contributed by atoms with Gasteiger partial charge in [-0.25, -0.2) is 4.98 Å². The summed E-state index contributed by atoms with van der Waals surface area (Å²) >= 11 is 0. The maximum atomic E-state index is 5.25. The van der Waals surface area contributed by atoms with Crippen molar-refractivity contribution >= 4 is 38.9 Å². The van der Waals surface area contributed by atoms with Gasteiger partial charge in [-0.15, -0.1) is 0 Å². The third-order valence-corrected chi connectivity index (χ3v) is 10.6. The lowest BCUT2D eigenvalue weighted by Gasteiger charge is -2.27. The van der Waals surface area contributed by atoms with Crippen LogP contribution in [0.2, 0.25) is 0 Å². The van der Waals surface area contributed by atoms with Gasteiger partial charge >= 0.3 is 0 Å². The quantitative estimate of drug-likeness (QED) is 0.156. The van der Waals surface area contributed by atoms with Gasteiger partial charge in [0.1, 0.15) is 5.82 Å². The Morgan fingerprint density at radius 2 is 0.893 bits per heavy atom. The maximum absolute atomic E-state index is 5.25. The summed E-state index contributed by atoms with van der Waals surface area (Å²) in [5.74, 6) is 0.905. The number of hydrogen-bond donors (Lipinski definition) is 0. The Balaban J connectivity index is 1.07. The normalized spacial score (nSPS) is 11.2. The summed E-state index contributed by atoms with van der Waals surface area (Å²) in [5.41, 5.74) is 14.5. The fraction of sp³-hybridized carbons (Fsp3) is 0. The zero-order valence-electron chi connectivity index (χ0n) is 30.7. The molecule has 0 unspecified atom stereocenters. The van der Waals surface area contributed by atoms with Crippen molar-refractivity contribution < 1.29 is 0 Å². The molecule has 0 N–H and O–H groups in total. The highest BCUT2D eigenvalue weighted by Crippen LogP contribution is 2.41. The van der Waals surface area contributed by atoms with E-state index in [1.165, 1.54) is 21.9 Å². The Hall–Kier alpha value is -7.49. The van der Waals surface area contributed by atoms with Gasteiger partial charge in [0.15, 0.2) is 0 Å². The molecule has 0 amide bonds. The number of rotatable bonds is 8. The van der Waals surface area contributed by atoms with Gasteiger partial charge in [0.05, 0.1) is 16.7 Å². The smallest absolute Gasteiger partial charge is 0.145 e. The third kappa shape index (κ3) is 6.21. The van der Waals surface area contributed by atoms with Crippen LogP contribution in [-0.4, -0.2) is 9.55 Å². The number of benzene rings is 9. The number of imidazole rings is 1. The van der Waals surface area contributed by atoms with Gasteiger partial charge in [-0.05, 0) is 99.4 Å². The van der Waals surface area contributed by atoms with Crippen molar-refractivity contribution in [1.82, 2.24) is 9.55 Å². The van der Waals surface area contributed by atoms with Crippen LogP contribution in [0.5, 0.6) is 0 Å². The number of nitrogens with zero attached hydrogens (tertiary/aromatic N) is 3. The molecule has 0 aliphatic carbocycles. The Morgan fingerprint density at radius 3 is 1.62 bits per heavy atom. The van der Waals surface area contributed by atoms with E-state index >= 15 is 0 Å². The topological polar surface area (TPSA) is 21.1 Å². The summed E-state index contributed by atoms with van der Waals surface area (Å²) in [6.07, 6.45) is 0. The zero-order chi connectivity index (χ0) is 37.3. The molecule has 3 heteroatoms. The van der Waals surface area contributed by atoms with Crippen LogP contribution >= 0.6 is 0 Å². The van der Waals surface area contributed by atoms with E-state index in [1.807, 2.05) is 0 Å². The molecule has 56 heavy (non-hydrogen) atoms. The second-order valence-electron chi connectivity index (χ2n) is 14.1. The van der Waals surface area contributed by atoms with Crippen molar-refractivity contribution in [2.24, 2.45) is 0 Å². The highest BCUT2D eigenvalue weighted by molar-refractivity contribution is 5.99. The van der Waals surface area contributed by atoms with Crippen LogP contribution < -0.4 is 4.90 Å². The van der Waals surface area contributed by atoms with Gasteiger partial charge in [-0.1, -0.05) is 164 Å². The van der Waals surface area contributed by atoms with Crippen LogP contribution in [0.4, 0.5) is 17.1 Å². The van der Waals surface area contributed by atoms with Crippen molar-refractivity contribution in [3.8, 4) is 50.5 Å². The molecule has 1 heterocycles. The number of para-hydroxylation sites is 3. The lowest BCUT2D eigenvalue weighted by molar-refractivity contribution is 1.10. The average molecular weight is 716 g/mol. The van der Waals surface area contributed by atoms with Crippen LogP contribution in [0.25, 0.3) is 72.3 Å². The zero-order valence-corrected chi connectivity index (χ0v) is 30.7. The standard InChI is InChI=1S/C53H37N3/c1-4-16-38(17-5-1)44-34-45(39-18-6-2-7-19-39)37-48(36-44)56-52-28-13-12-27-50(52)54-53(56)42-32-30-40(31-33-42)43-22-14-25-47(35-43)55(46-23-8-3-9-24-46)51-29-15-21-41-20-10-11-26-49(41)51/h1-37H. The van der Waals surface area contributed by atoms with Gasteiger partial charge in [0.25, 0.3) is 0 Å². The van der Waals surface area contributed by atoms with Gasteiger partial charge in [-0.3, -0.25) is 4.57 Å². The molecule has 1 aromatic heterocycles. The maximum Gasteiger partial charge on any atom is 0.145 e. The van der Waals surface area contributed by atoms with E-state index in [2.05, 4.69) is 234 Å². The molecule has 9 aromatic carbocycles. The van der Waals surface area contributed by atoms with Crippen LogP contribution in [-0.2, 0) is 0 Å². The summed E-state index contributed by atoms with van der Waals surface area (Å²) in [6.45, 7) is 0. The first-order valence-electron chi connectivity index (χ1n) is 19.0. The predicted octanol–water partition coefficient (Wildman–Crippen LogP) is 14.3. The Labute approximate surface area is 327 Å². The van der Waals surface area contributed by atoms with E-state index < -0.39 is 0 Å². The fourth-order valence-electron chi connectivity index (χ4n) is 7.86. The number of anilines is 3. The fourth-order valence-corrected chi connectivity index (χ4v) is 7.86. The molecule has 0 saturated heterocycles. The molecule has 10 rings (SSSR count). The van der Waals surface area contributed by atoms with Crippen molar-refractivity contribution in [3.63, 3.8) is 0 Å². The van der Waals surface area contributed by atoms with E-state index in [0.717, 1.165) is 67.4 Å². The second kappa shape index (κ2) is 14.4. The summed E-state index contributed by atoms with van der Waals surface area (Å²) in [4.78, 5) is 7.61. The molecule has 0 spiro atoms. The molecule has 0 fully saturated rings. The number of aromatic nitrogens is 2. The van der Waals surface area contributed by atoms with Gasteiger partial charge in [0, 0.05) is 28.0 Å². The average Bonchev–Trinajstić information content (AvgIpc) is 3.67. The molecular formula is C53H37N3. The summed E-state index contributed by atoms with van der Waals surface area (Å²) in [7, 11) is 0. The van der Waals surface area contributed by atoms with E-state index in [0.29, 0.717) is 0 Å². The molecule has 0 bridgehead atoms. The van der Waals surface area contributed by atoms with E-state index in [1.54, 1.807) is 0 Å². The first-order valence-corrected chi connectivity index (χ1v) is 19.0. The lowest BCUT2D eigenvalue weighted by atomic mass is 9.97. The van der Waals surface area contributed by atoms with E-state index in [4.69, 9.17) is 4.98 Å². The SMILES string of the molecule is c1ccc(-c2cc(-c3ccccc3)cc(-n3c(-c4ccc(-c5cccc(N(c6ccccc6)c6cccc7ccccc67)c5)cc4)nc4ccccc43)c2)cc1. The number of hydrogen-bond acceptors (Lipinski definition) is 2. The molecule has 264 valence electrons. The highest BCUT2D eigenvalue weighted by Gasteiger charge is 2.18. The van der Waals surface area contributed by atoms with Crippen molar-refractivity contribution in [3.05, 3.63) is 224 Å². The Bertz CT molecular complexity index is 2890. The van der Waals surface area contributed by atoms with Crippen LogP contribution in [0.15, 0.2) is 224 Å². The minimum atomic E-state index is 0.905.